The lowest BCUT2D eigenvalue weighted by Crippen LogP contribution is -2.58. The van der Waals surface area contributed by atoms with Gasteiger partial charge in [-0.1, -0.05) is 53.1 Å². The molecule has 4 rings (SSSR count). The van der Waals surface area contributed by atoms with Crippen LogP contribution < -0.4 is 0 Å². The quantitative estimate of drug-likeness (QED) is 0.305. The molecule has 0 radical (unpaired) electrons. The molecular weight excluding hydrogens is 596 g/mol. The highest BCUT2D eigenvalue weighted by molar-refractivity contribution is 7.87. The van der Waals surface area contributed by atoms with Crippen LogP contribution in [-0.4, -0.2) is 63.6 Å². The summed E-state index contributed by atoms with van der Waals surface area (Å²) in [5, 5.41) is 0. The second kappa shape index (κ2) is 12.3. The van der Waals surface area contributed by atoms with Crippen LogP contribution in [0.1, 0.15) is 16.7 Å². The second-order valence-electron chi connectivity index (χ2n) is 9.50. The molecule has 1 heterocycles. The molecule has 1 aliphatic heterocycles. The van der Waals surface area contributed by atoms with Crippen LogP contribution in [0, 0.1) is 20.8 Å². The summed E-state index contributed by atoms with van der Waals surface area (Å²) in [7, 11) is -12.4. The van der Waals surface area contributed by atoms with E-state index in [0.29, 0.717) is 0 Å². The summed E-state index contributed by atoms with van der Waals surface area (Å²) in [6, 6.07) is 17.2. The highest BCUT2D eigenvalue weighted by Crippen LogP contribution is 2.32. The van der Waals surface area contributed by atoms with E-state index >= 15 is 0 Å². The van der Waals surface area contributed by atoms with Gasteiger partial charge >= 0.3 is 0 Å². The fourth-order valence-electron chi connectivity index (χ4n) is 3.98. The molecule has 1 fully saturated rings. The van der Waals surface area contributed by atoms with Gasteiger partial charge in [-0.25, -0.2) is 0 Å². The van der Waals surface area contributed by atoms with Gasteiger partial charge < -0.3 is 9.47 Å². The average Bonchev–Trinajstić information content (AvgIpc) is 2.91. The smallest absolute Gasteiger partial charge is 0.297 e. The van der Waals surface area contributed by atoms with E-state index < -0.39 is 61.6 Å². The van der Waals surface area contributed by atoms with Gasteiger partial charge in [0, 0.05) is 7.11 Å². The topological polar surface area (TPSA) is 149 Å². The molecule has 0 aliphatic carbocycles. The lowest BCUT2D eigenvalue weighted by Gasteiger charge is -2.39. The van der Waals surface area contributed by atoms with E-state index in [9.17, 15) is 25.3 Å². The minimum atomic E-state index is -4.59. The van der Waals surface area contributed by atoms with Crippen molar-refractivity contribution in [3.8, 4) is 0 Å². The van der Waals surface area contributed by atoms with E-state index in [1.165, 1.54) is 43.5 Å². The maximum atomic E-state index is 13.3. The molecule has 14 heteroatoms. The Balaban J connectivity index is 1.75. The van der Waals surface area contributed by atoms with Gasteiger partial charge in [0.1, 0.15) is 12.2 Å². The predicted octanol–water partition coefficient (Wildman–Crippen LogP) is 3.24. The van der Waals surface area contributed by atoms with E-state index in [1.807, 2.05) is 0 Å². The van der Waals surface area contributed by atoms with Gasteiger partial charge in [0.25, 0.3) is 30.4 Å². The number of hydrogen-bond acceptors (Lipinski definition) is 11. The van der Waals surface area contributed by atoms with Gasteiger partial charge in [-0.2, -0.15) is 25.3 Å². The zero-order valence-electron chi connectivity index (χ0n) is 22.7. The highest BCUT2D eigenvalue weighted by atomic mass is 32.2. The van der Waals surface area contributed by atoms with E-state index in [4.69, 9.17) is 22.0 Å². The van der Waals surface area contributed by atoms with Crippen molar-refractivity contribution >= 4 is 30.4 Å². The van der Waals surface area contributed by atoms with Crippen molar-refractivity contribution in [3.63, 3.8) is 0 Å². The van der Waals surface area contributed by atoms with Crippen LogP contribution in [0.15, 0.2) is 87.5 Å². The molecule has 0 N–H and O–H groups in total. The summed E-state index contributed by atoms with van der Waals surface area (Å²) in [6.07, 6.45) is -6.74. The molecule has 0 bridgehead atoms. The van der Waals surface area contributed by atoms with Gasteiger partial charge in [0.15, 0.2) is 12.4 Å². The first kappa shape index (κ1) is 31.3. The fourth-order valence-corrected chi connectivity index (χ4v) is 7.23. The Labute approximate surface area is 240 Å². The number of methoxy groups -OCH3 is 1. The maximum absolute atomic E-state index is 13.3. The van der Waals surface area contributed by atoms with Gasteiger partial charge in [-0.3, -0.25) is 12.5 Å². The molecule has 222 valence electrons. The third kappa shape index (κ3) is 7.40. The first-order valence-electron chi connectivity index (χ1n) is 12.4. The van der Waals surface area contributed by atoms with Crippen LogP contribution >= 0.6 is 0 Å². The van der Waals surface area contributed by atoms with Crippen LogP contribution in [0.5, 0.6) is 0 Å². The van der Waals surface area contributed by atoms with Crippen LogP contribution in [0.4, 0.5) is 0 Å². The number of hydrogen-bond donors (Lipinski definition) is 0. The highest BCUT2D eigenvalue weighted by Gasteiger charge is 2.50. The van der Waals surface area contributed by atoms with Crippen molar-refractivity contribution in [2.24, 2.45) is 0 Å². The Morgan fingerprint density at radius 3 is 1.27 bits per heavy atom. The van der Waals surface area contributed by atoms with Crippen molar-refractivity contribution < 1.29 is 47.3 Å². The number of rotatable bonds is 10. The van der Waals surface area contributed by atoms with Crippen molar-refractivity contribution in [3.05, 3.63) is 89.5 Å². The maximum Gasteiger partial charge on any atom is 0.297 e. The van der Waals surface area contributed by atoms with Gasteiger partial charge in [0.2, 0.25) is 0 Å². The fraction of sp³-hybridized carbons (Fsp3) is 0.333. The SMILES string of the molecule is CO[C@H]1OC[C@H](OS(=O)(=O)c2ccc(C)cc2)[C@H](OS(=O)(=O)c2ccc(C)cc2)[C@H]1OS(=O)(=O)c1ccc(C)cc1. The van der Waals surface area contributed by atoms with E-state index in [-0.39, 0.29) is 14.7 Å². The Hall–Kier alpha value is -2.69. The Bertz CT molecular complexity index is 1670. The molecule has 3 aromatic rings. The zero-order chi connectivity index (χ0) is 30.0. The van der Waals surface area contributed by atoms with Crippen molar-refractivity contribution in [2.45, 2.75) is 60.1 Å². The van der Waals surface area contributed by atoms with Crippen LogP contribution in [0.3, 0.4) is 0 Å². The van der Waals surface area contributed by atoms with Crippen molar-refractivity contribution in [1.29, 1.82) is 0 Å². The molecule has 3 aromatic carbocycles. The zero-order valence-corrected chi connectivity index (χ0v) is 25.1. The molecule has 11 nitrogen and oxygen atoms in total. The lowest BCUT2D eigenvalue weighted by molar-refractivity contribution is -0.243. The van der Waals surface area contributed by atoms with E-state index in [1.54, 1.807) is 57.2 Å². The summed E-state index contributed by atoms with van der Waals surface area (Å²) in [5.41, 5.74) is 2.37. The average molecular weight is 627 g/mol. The summed E-state index contributed by atoms with van der Waals surface area (Å²) in [5.74, 6) is 0. The van der Waals surface area contributed by atoms with Crippen LogP contribution in [0.25, 0.3) is 0 Å². The Kier molecular flexibility index (Phi) is 9.35. The molecule has 0 amide bonds. The first-order valence-corrected chi connectivity index (χ1v) is 16.6. The van der Waals surface area contributed by atoms with Crippen molar-refractivity contribution in [2.75, 3.05) is 13.7 Å². The van der Waals surface area contributed by atoms with Crippen LogP contribution in [-0.2, 0) is 52.4 Å². The lowest BCUT2D eigenvalue weighted by atomic mass is 10.1. The predicted molar refractivity (Wildman–Crippen MR) is 146 cm³/mol. The molecule has 1 aliphatic rings. The summed E-state index contributed by atoms with van der Waals surface area (Å²) in [4.78, 5) is -0.681. The Morgan fingerprint density at radius 1 is 0.561 bits per heavy atom. The summed E-state index contributed by atoms with van der Waals surface area (Å²) < 4.78 is 107. The van der Waals surface area contributed by atoms with Crippen molar-refractivity contribution in [1.82, 2.24) is 0 Å². The minimum Gasteiger partial charge on any atom is -0.353 e. The molecule has 1 saturated heterocycles. The summed E-state index contributed by atoms with van der Waals surface area (Å²) >= 11 is 0. The monoisotopic (exact) mass is 626 g/mol. The Morgan fingerprint density at radius 2 is 0.902 bits per heavy atom. The molecule has 0 unspecified atom stereocenters. The van der Waals surface area contributed by atoms with Gasteiger partial charge in [0.05, 0.1) is 21.3 Å². The minimum absolute atomic E-state index is 0.207. The van der Waals surface area contributed by atoms with Gasteiger partial charge in [-0.05, 0) is 57.2 Å². The number of aryl methyl sites for hydroxylation is 3. The van der Waals surface area contributed by atoms with Gasteiger partial charge in [-0.15, -0.1) is 0 Å². The van der Waals surface area contributed by atoms with Crippen LogP contribution in [0.2, 0.25) is 0 Å². The number of ether oxygens (including phenoxy) is 2. The molecule has 4 atom stereocenters. The second-order valence-corrected chi connectivity index (χ2v) is 14.2. The third-order valence-corrected chi connectivity index (χ3v) is 10.3. The molecule has 0 saturated carbocycles. The normalized spacial score (nSPS) is 22.0. The first-order chi connectivity index (χ1) is 19.2. The number of benzene rings is 3. The third-order valence-electron chi connectivity index (χ3n) is 6.27. The largest absolute Gasteiger partial charge is 0.353 e. The summed E-state index contributed by atoms with van der Waals surface area (Å²) in [6.45, 7) is 4.78. The molecule has 0 aromatic heterocycles. The molecule has 0 spiro atoms. The standard InChI is InChI=1S/C27H30O11S3/c1-18-5-11-21(12-6-18)39(28,29)36-24-17-35-27(34-4)26(38-41(32,33)23-15-9-20(3)10-16-23)25(24)37-40(30,31)22-13-7-19(2)8-14-22/h5-16,24-27H,17H2,1-4H3/t24-,25-,26+,27-/m0/s1. The molecule has 41 heavy (non-hydrogen) atoms. The molecular formula is C27H30O11S3. The van der Waals surface area contributed by atoms with E-state index in [0.717, 1.165) is 16.7 Å². The van der Waals surface area contributed by atoms with E-state index in [2.05, 4.69) is 0 Å².